The lowest BCUT2D eigenvalue weighted by Gasteiger charge is -2.07. The highest BCUT2D eigenvalue weighted by Crippen LogP contribution is 2.34. The van der Waals surface area contributed by atoms with Gasteiger partial charge in [0.1, 0.15) is 5.75 Å². The van der Waals surface area contributed by atoms with Crippen LogP contribution in [0.1, 0.15) is 15.9 Å². The summed E-state index contributed by atoms with van der Waals surface area (Å²) in [7, 11) is 0. The molecule has 0 aliphatic heterocycles. The van der Waals surface area contributed by atoms with E-state index in [1.807, 2.05) is 30.3 Å². The third-order valence-corrected chi connectivity index (χ3v) is 4.05. The molecule has 3 aromatic rings. The van der Waals surface area contributed by atoms with Crippen LogP contribution in [0, 0.1) is 0 Å². The van der Waals surface area contributed by atoms with Gasteiger partial charge in [0, 0.05) is 11.8 Å². The molecule has 4 nitrogen and oxygen atoms in total. The van der Waals surface area contributed by atoms with Crippen LogP contribution in [0.5, 0.6) is 5.75 Å². The van der Waals surface area contributed by atoms with Gasteiger partial charge in [-0.2, -0.15) is 0 Å². The monoisotopic (exact) mass is 369 g/mol. The van der Waals surface area contributed by atoms with Crippen LogP contribution in [0.2, 0.25) is 0 Å². The third-order valence-electron chi connectivity index (χ3n) is 3.45. The van der Waals surface area contributed by atoms with Gasteiger partial charge in [0.15, 0.2) is 0 Å². The number of carbonyl (C=O) groups is 1. The van der Waals surface area contributed by atoms with E-state index in [1.54, 1.807) is 18.3 Å². The lowest BCUT2D eigenvalue weighted by atomic mass is 10.0. The summed E-state index contributed by atoms with van der Waals surface area (Å²) in [5.74, 6) is -0.903. The van der Waals surface area contributed by atoms with Crippen molar-refractivity contribution < 1.29 is 15.0 Å². The highest BCUT2D eigenvalue weighted by Gasteiger charge is 2.09. The number of aromatic carboxylic acids is 1. The second-order valence-corrected chi connectivity index (χ2v) is 5.81. The first-order chi connectivity index (χ1) is 11.1. The van der Waals surface area contributed by atoms with Crippen LogP contribution in [0.15, 0.2) is 64.1 Å². The van der Waals surface area contributed by atoms with Crippen LogP contribution in [0.25, 0.3) is 10.8 Å². The topological polar surface area (TPSA) is 69.9 Å². The molecule has 0 fully saturated rings. The number of aromatic hydroxyl groups is 1. The average Bonchev–Trinajstić information content (AvgIpc) is 2.55. The SMILES string of the molecule is O=C(O)c1cccc(N=Cc2c(O)c(Br)cc3ccccc23)c1. The minimum absolute atomic E-state index is 0.0989. The molecule has 0 bridgehead atoms. The molecule has 0 aromatic heterocycles. The predicted octanol–water partition coefficient (Wildman–Crippen LogP) is 4.76. The van der Waals surface area contributed by atoms with Crippen molar-refractivity contribution in [1.29, 1.82) is 0 Å². The van der Waals surface area contributed by atoms with Gasteiger partial charge in [0.05, 0.1) is 15.7 Å². The fourth-order valence-corrected chi connectivity index (χ4v) is 2.78. The van der Waals surface area contributed by atoms with E-state index in [0.717, 1.165) is 10.8 Å². The lowest BCUT2D eigenvalue weighted by molar-refractivity contribution is 0.0697. The first-order valence-electron chi connectivity index (χ1n) is 6.84. The molecule has 0 unspecified atom stereocenters. The van der Waals surface area contributed by atoms with E-state index in [4.69, 9.17) is 5.11 Å². The number of benzene rings is 3. The van der Waals surface area contributed by atoms with Gasteiger partial charge in [0.25, 0.3) is 0 Å². The number of carboxylic acid groups (broad SMARTS) is 1. The molecular formula is C18H12BrNO3. The van der Waals surface area contributed by atoms with Gasteiger partial charge in [-0.15, -0.1) is 0 Å². The van der Waals surface area contributed by atoms with Gasteiger partial charge in [-0.1, -0.05) is 30.3 Å². The molecule has 23 heavy (non-hydrogen) atoms. The highest BCUT2D eigenvalue weighted by atomic mass is 79.9. The predicted molar refractivity (Wildman–Crippen MR) is 94.0 cm³/mol. The van der Waals surface area contributed by atoms with Gasteiger partial charge >= 0.3 is 5.97 Å². The number of phenols is 1. The van der Waals surface area contributed by atoms with E-state index in [1.165, 1.54) is 12.1 Å². The molecule has 0 aliphatic carbocycles. The standard InChI is InChI=1S/C18H12BrNO3/c19-16-9-11-4-1-2-7-14(11)15(17(16)21)10-20-13-6-3-5-12(8-13)18(22)23/h1-10,21H,(H,22,23). The van der Waals surface area contributed by atoms with Crippen LogP contribution < -0.4 is 0 Å². The zero-order valence-electron chi connectivity index (χ0n) is 11.9. The number of hydrogen-bond acceptors (Lipinski definition) is 3. The van der Waals surface area contributed by atoms with Crippen molar-refractivity contribution in [3.05, 3.63) is 70.2 Å². The Morgan fingerprint density at radius 2 is 1.87 bits per heavy atom. The van der Waals surface area contributed by atoms with Crippen molar-refractivity contribution in [3.63, 3.8) is 0 Å². The number of fused-ring (bicyclic) bond motifs is 1. The van der Waals surface area contributed by atoms with E-state index < -0.39 is 5.97 Å². The summed E-state index contributed by atoms with van der Waals surface area (Å²) < 4.78 is 0.580. The van der Waals surface area contributed by atoms with Gasteiger partial charge in [-0.3, -0.25) is 4.99 Å². The molecule has 0 saturated carbocycles. The Morgan fingerprint density at radius 1 is 1.09 bits per heavy atom. The summed E-state index contributed by atoms with van der Waals surface area (Å²) in [6.45, 7) is 0. The van der Waals surface area contributed by atoms with E-state index in [2.05, 4.69) is 20.9 Å². The van der Waals surface area contributed by atoms with Gasteiger partial charge < -0.3 is 10.2 Å². The molecule has 0 atom stereocenters. The van der Waals surface area contributed by atoms with E-state index in [-0.39, 0.29) is 11.3 Å². The van der Waals surface area contributed by atoms with Gasteiger partial charge in [0.2, 0.25) is 0 Å². The Kier molecular flexibility index (Phi) is 4.12. The average molecular weight is 370 g/mol. The Balaban J connectivity index is 2.09. The molecule has 3 rings (SSSR count). The largest absolute Gasteiger partial charge is 0.506 e. The Hall–Kier alpha value is -2.66. The Labute approximate surface area is 140 Å². The van der Waals surface area contributed by atoms with E-state index in [0.29, 0.717) is 15.7 Å². The first kappa shape index (κ1) is 15.2. The summed E-state index contributed by atoms with van der Waals surface area (Å²) >= 11 is 3.33. The summed E-state index contributed by atoms with van der Waals surface area (Å²) in [5.41, 5.74) is 1.26. The molecule has 0 radical (unpaired) electrons. The molecule has 0 aliphatic rings. The summed E-state index contributed by atoms with van der Waals surface area (Å²) in [4.78, 5) is 15.3. The number of rotatable bonds is 3. The van der Waals surface area contributed by atoms with Gasteiger partial charge in [-0.25, -0.2) is 4.79 Å². The van der Waals surface area contributed by atoms with Crippen molar-refractivity contribution in [2.24, 2.45) is 4.99 Å². The molecule has 2 N–H and O–H groups in total. The number of hydrogen-bond donors (Lipinski definition) is 2. The Bertz CT molecular complexity index is 935. The molecule has 0 amide bonds. The quantitative estimate of drug-likeness (QED) is 0.654. The van der Waals surface area contributed by atoms with Crippen molar-refractivity contribution in [1.82, 2.24) is 0 Å². The minimum atomic E-state index is -1.00. The fourth-order valence-electron chi connectivity index (χ4n) is 2.32. The number of phenolic OH excluding ortho intramolecular Hbond substituents is 1. The molecule has 0 spiro atoms. The zero-order chi connectivity index (χ0) is 16.4. The number of aliphatic imine (C=N–C) groups is 1. The normalized spacial score (nSPS) is 11.2. The van der Waals surface area contributed by atoms with Crippen molar-refractivity contribution in [2.45, 2.75) is 0 Å². The van der Waals surface area contributed by atoms with Gasteiger partial charge in [-0.05, 0) is 51.0 Å². The smallest absolute Gasteiger partial charge is 0.335 e. The lowest BCUT2D eigenvalue weighted by Crippen LogP contribution is -1.94. The summed E-state index contributed by atoms with van der Waals surface area (Å²) in [6, 6.07) is 15.8. The molecule has 0 heterocycles. The van der Waals surface area contributed by atoms with Crippen molar-refractivity contribution in [2.75, 3.05) is 0 Å². The van der Waals surface area contributed by atoms with Crippen LogP contribution in [0.3, 0.4) is 0 Å². The first-order valence-corrected chi connectivity index (χ1v) is 7.63. The van der Waals surface area contributed by atoms with E-state index in [9.17, 15) is 9.90 Å². The molecule has 5 heteroatoms. The van der Waals surface area contributed by atoms with Crippen LogP contribution >= 0.6 is 15.9 Å². The number of nitrogens with zero attached hydrogens (tertiary/aromatic N) is 1. The van der Waals surface area contributed by atoms with Crippen LogP contribution in [-0.2, 0) is 0 Å². The zero-order valence-corrected chi connectivity index (χ0v) is 13.5. The maximum absolute atomic E-state index is 11.0. The molecule has 114 valence electrons. The fraction of sp³-hybridized carbons (Fsp3) is 0. The molecular weight excluding hydrogens is 358 g/mol. The summed E-state index contributed by atoms with van der Waals surface area (Å²) in [6.07, 6.45) is 1.55. The maximum atomic E-state index is 11.0. The number of carboxylic acids is 1. The molecule has 0 saturated heterocycles. The van der Waals surface area contributed by atoms with E-state index >= 15 is 0 Å². The molecule has 3 aromatic carbocycles. The van der Waals surface area contributed by atoms with Crippen LogP contribution in [0.4, 0.5) is 5.69 Å². The number of halogens is 1. The van der Waals surface area contributed by atoms with Crippen molar-refractivity contribution >= 4 is 44.6 Å². The second-order valence-electron chi connectivity index (χ2n) is 4.96. The maximum Gasteiger partial charge on any atom is 0.335 e. The summed E-state index contributed by atoms with van der Waals surface area (Å²) in [5, 5.41) is 21.1. The minimum Gasteiger partial charge on any atom is -0.506 e. The second kappa shape index (κ2) is 6.22. The Morgan fingerprint density at radius 3 is 2.65 bits per heavy atom. The van der Waals surface area contributed by atoms with Crippen molar-refractivity contribution in [3.8, 4) is 5.75 Å². The third kappa shape index (κ3) is 3.10. The highest BCUT2D eigenvalue weighted by molar-refractivity contribution is 9.10. The van der Waals surface area contributed by atoms with Crippen LogP contribution in [-0.4, -0.2) is 22.4 Å².